The number of pyridine rings is 1. The van der Waals surface area contributed by atoms with E-state index in [-0.39, 0.29) is 18.4 Å². The Morgan fingerprint density at radius 2 is 1.74 bits per heavy atom. The highest BCUT2D eigenvalue weighted by Gasteiger charge is 2.19. The minimum absolute atomic E-state index is 0.178. The molecule has 0 aliphatic carbocycles. The van der Waals surface area contributed by atoms with Crippen molar-refractivity contribution in [1.82, 2.24) is 31.0 Å². The van der Waals surface area contributed by atoms with Crippen LogP contribution in [0.5, 0.6) is 0 Å². The molecule has 0 radical (unpaired) electrons. The number of H-pyrrole nitrogens is 1. The third-order valence-electron chi connectivity index (χ3n) is 5.53. The van der Waals surface area contributed by atoms with E-state index in [1.54, 1.807) is 30.3 Å². The Morgan fingerprint density at radius 1 is 0.882 bits per heavy atom. The number of rotatable bonds is 6. The molecule has 2 aromatic heterocycles. The van der Waals surface area contributed by atoms with Gasteiger partial charge in [-0.3, -0.25) is 9.59 Å². The number of carbonyl (C=O) groups excluding carboxylic acids is 2. The molecule has 2 amide bonds. The van der Waals surface area contributed by atoms with Crippen molar-refractivity contribution >= 4 is 39.4 Å². The first-order valence-corrected chi connectivity index (χ1v) is 10.7. The number of nitrogens with one attached hydrogen (secondary N) is 3. The number of hydrogen-bond acceptors (Lipinski definition) is 6. The van der Waals surface area contributed by atoms with Crippen LogP contribution in [0.2, 0.25) is 0 Å². The predicted molar refractivity (Wildman–Crippen MR) is 129 cm³/mol. The summed E-state index contributed by atoms with van der Waals surface area (Å²) in [6.45, 7) is 0.178. The highest BCUT2D eigenvalue weighted by molar-refractivity contribution is 5.97. The zero-order valence-electron chi connectivity index (χ0n) is 18.0. The minimum atomic E-state index is -0.491. The maximum atomic E-state index is 13.1. The molecule has 9 heteroatoms. The molecule has 9 nitrogen and oxygen atoms in total. The van der Waals surface area contributed by atoms with Gasteiger partial charge in [0.05, 0.1) is 11.6 Å². The lowest BCUT2D eigenvalue weighted by molar-refractivity contribution is 0.0908. The van der Waals surface area contributed by atoms with Gasteiger partial charge < -0.3 is 16.4 Å². The second-order valence-electron chi connectivity index (χ2n) is 7.86. The van der Waals surface area contributed by atoms with Crippen molar-refractivity contribution in [3.05, 3.63) is 95.7 Å². The van der Waals surface area contributed by atoms with Crippen LogP contribution in [0.4, 0.5) is 5.69 Å². The molecule has 1 unspecified atom stereocenters. The van der Waals surface area contributed by atoms with E-state index in [1.165, 1.54) is 6.20 Å². The molecule has 5 aromatic rings. The van der Waals surface area contributed by atoms with E-state index in [1.807, 2.05) is 42.5 Å². The van der Waals surface area contributed by atoms with E-state index in [4.69, 9.17) is 5.73 Å². The van der Waals surface area contributed by atoms with E-state index in [9.17, 15) is 9.59 Å². The molecule has 0 aliphatic heterocycles. The highest BCUT2D eigenvalue weighted by Crippen LogP contribution is 2.21. The number of amides is 2. The van der Waals surface area contributed by atoms with E-state index < -0.39 is 6.04 Å². The quantitative estimate of drug-likeness (QED) is 0.293. The Bertz CT molecular complexity index is 1510. The second kappa shape index (κ2) is 8.99. The van der Waals surface area contributed by atoms with Crippen LogP contribution in [0.3, 0.4) is 0 Å². The van der Waals surface area contributed by atoms with Crippen molar-refractivity contribution in [2.45, 2.75) is 6.04 Å². The molecule has 3 aromatic carbocycles. The molecular formula is C25H21N7O2. The summed E-state index contributed by atoms with van der Waals surface area (Å²) in [4.78, 5) is 29.9. The van der Waals surface area contributed by atoms with Crippen molar-refractivity contribution in [3.63, 3.8) is 0 Å². The zero-order valence-corrected chi connectivity index (χ0v) is 18.0. The smallest absolute Gasteiger partial charge is 0.253 e. The highest BCUT2D eigenvalue weighted by atomic mass is 16.2. The molecule has 34 heavy (non-hydrogen) atoms. The van der Waals surface area contributed by atoms with Crippen molar-refractivity contribution in [2.75, 3.05) is 12.3 Å². The fraction of sp³-hybridized carbons (Fsp3) is 0.0800. The van der Waals surface area contributed by atoms with Crippen LogP contribution < -0.4 is 16.4 Å². The summed E-state index contributed by atoms with van der Waals surface area (Å²) in [7, 11) is 0. The molecule has 5 rings (SSSR count). The monoisotopic (exact) mass is 451 g/mol. The fourth-order valence-electron chi connectivity index (χ4n) is 3.76. The van der Waals surface area contributed by atoms with Crippen LogP contribution in [-0.4, -0.2) is 38.8 Å². The van der Waals surface area contributed by atoms with Gasteiger partial charge in [0.2, 0.25) is 5.65 Å². The maximum Gasteiger partial charge on any atom is 0.253 e. The summed E-state index contributed by atoms with van der Waals surface area (Å²) >= 11 is 0. The average molecular weight is 451 g/mol. The fourth-order valence-corrected chi connectivity index (χ4v) is 3.76. The van der Waals surface area contributed by atoms with Gasteiger partial charge in [-0.2, -0.15) is 10.3 Å². The first-order chi connectivity index (χ1) is 16.6. The van der Waals surface area contributed by atoms with Crippen LogP contribution in [-0.2, 0) is 0 Å². The van der Waals surface area contributed by atoms with E-state index in [0.717, 1.165) is 16.3 Å². The topological polar surface area (TPSA) is 139 Å². The Kier molecular flexibility index (Phi) is 5.57. The number of nitrogen functional groups attached to an aromatic ring is 1. The zero-order chi connectivity index (χ0) is 23.5. The lowest BCUT2D eigenvalue weighted by Crippen LogP contribution is -2.38. The third-order valence-corrected chi connectivity index (χ3v) is 5.53. The van der Waals surface area contributed by atoms with Crippen molar-refractivity contribution in [1.29, 1.82) is 0 Å². The van der Waals surface area contributed by atoms with Gasteiger partial charge in [-0.1, -0.05) is 42.5 Å². The predicted octanol–water partition coefficient (Wildman–Crippen LogP) is 2.99. The number of benzene rings is 3. The SMILES string of the molecule is Nc1cccc(C(=O)NCC(NC(=O)c2cnc3n[nH]nc3c2)c2ccc3ccccc3c2)c1. The molecule has 5 N–H and O–H groups in total. The van der Waals surface area contributed by atoms with Gasteiger partial charge in [-0.25, -0.2) is 4.98 Å². The van der Waals surface area contributed by atoms with E-state index in [0.29, 0.717) is 28.0 Å². The molecule has 0 aliphatic rings. The van der Waals surface area contributed by atoms with Crippen LogP contribution in [0.1, 0.15) is 32.3 Å². The lowest BCUT2D eigenvalue weighted by atomic mass is 10.0. The second-order valence-corrected chi connectivity index (χ2v) is 7.86. The Balaban J connectivity index is 1.41. The summed E-state index contributed by atoms with van der Waals surface area (Å²) in [6.07, 6.45) is 1.45. The summed E-state index contributed by atoms with van der Waals surface area (Å²) in [5, 5.41) is 18.4. The van der Waals surface area contributed by atoms with Crippen molar-refractivity contribution in [2.24, 2.45) is 0 Å². The molecule has 0 spiro atoms. The lowest BCUT2D eigenvalue weighted by Gasteiger charge is -2.20. The molecule has 0 bridgehead atoms. The largest absolute Gasteiger partial charge is 0.399 e. The Labute approximate surface area is 194 Å². The number of aromatic nitrogens is 4. The van der Waals surface area contributed by atoms with Gasteiger partial charge in [0.25, 0.3) is 11.8 Å². The molecule has 0 saturated carbocycles. The first kappa shape index (κ1) is 21.1. The van der Waals surface area contributed by atoms with Crippen molar-refractivity contribution < 1.29 is 9.59 Å². The molecule has 2 heterocycles. The van der Waals surface area contributed by atoms with Gasteiger partial charge in [-0.05, 0) is 46.7 Å². The van der Waals surface area contributed by atoms with Crippen LogP contribution in [0.15, 0.2) is 79.0 Å². The van der Waals surface area contributed by atoms with Crippen LogP contribution in [0, 0.1) is 0 Å². The normalized spacial score (nSPS) is 11.9. The molecule has 1 atom stereocenters. The molecule has 0 saturated heterocycles. The number of aromatic amines is 1. The summed E-state index contributed by atoms with van der Waals surface area (Å²) in [6, 6.07) is 21.8. The van der Waals surface area contributed by atoms with Gasteiger partial charge in [0, 0.05) is 24.0 Å². The number of nitrogens with two attached hydrogens (primary N) is 1. The van der Waals surface area contributed by atoms with Gasteiger partial charge in [0.1, 0.15) is 5.52 Å². The number of carbonyl (C=O) groups is 2. The van der Waals surface area contributed by atoms with Gasteiger partial charge in [0.15, 0.2) is 0 Å². The number of nitrogens with zero attached hydrogens (tertiary/aromatic N) is 3. The molecule has 0 fully saturated rings. The van der Waals surface area contributed by atoms with Crippen molar-refractivity contribution in [3.8, 4) is 0 Å². The maximum absolute atomic E-state index is 13.1. The van der Waals surface area contributed by atoms with Crippen LogP contribution >= 0.6 is 0 Å². The third kappa shape index (κ3) is 4.40. The molecular weight excluding hydrogens is 430 g/mol. The van der Waals surface area contributed by atoms with Crippen LogP contribution in [0.25, 0.3) is 21.9 Å². The Hall–Kier alpha value is -4.79. The summed E-state index contributed by atoms with van der Waals surface area (Å²) in [5.74, 6) is -0.619. The molecule has 168 valence electrons. The first-order valence-electron chi connectivity index (χ1n) is 10.7. The van der Waals surface area contributed by atoms with E-state index in [2.05, 4.69) is 31.0 Å². The average Bonchev–Trinajstić information content (AvgIpc) is 3.34. The number of fused-ring (bicyclic) bond motifs is 2. The van der Waals surface area contributed by atoms with Gasteiger partial charge >= 0.3 is 0 Å². The van der Waals surface area contributed by atoms with E-state index >= 15 is 0 Å². The summed E-state index contributed by atoms with van der Waals surface area (Å²) < 4.78 is 0. The summed E-state index contributed by atoms with van der Waals surface area (Å²) in [5.41, 5.74) is 8.87. The number of hydrogen-bond donors (Lipinski definition) is 4. The van der Waals surface area contributed by atoms with Gasteiger partial charge in [-0.15, -0.1) is 5.10 Å². The standard InChI is InChI=1S/C25H21N7O2/c26-20-7-3-6-18(11-20)24(33)28-14-22(17-9-8-15-4-1-2-5-16(15)10-17)29-25(34)19-12-21-23(27-13-19)31-32-30-21/h1-13,22H,14,26H2,(H,28,33)(H,29,34)(H,27,30,31,32). The number of anilines is 1. The minimum Gasteiger partial charge on any atom is -0.399 e. The Morgan fingerprint density at radius 3 is 2.59 bits per heavy atom.